The number of carbonyl (C=O) groups excluding carboxylic acids is 1. The van der Waals surface area contributed by atoms with Gasteiger partial charge in [-0.1, -0.05) is 25.0 Å². The van der Waals surface area contributed by atoms with Crippen LogP contribution in [-0.2, 0) is 16.4 Å². The quantitative estimate of drug-likeness (QED) is 0.787. The van der Waals surface area contributed by atoms with E-state index in [1.807, 2.05) is 0 Å². The molecule has 0 unspecified atom stereocenters. The molecule has 0 spiro atoms. The number of benzene rings is 1. The van der Waals surface area contributed by atoms with E-state index in [4.69, 9.17) is 5.73 Å². The van der Waals surface area contributed by atoms with E-state index in [0.717, 1.165) is 19.3 Å². The summed E-state index contributed by atoms with van der Waals surface area (Å²) in [7, 11) is -3.19. The van der Waals surface area contributed by atoms with Crippen LogP contribution in [0.3, 0.4) is 0 Å². The van der Waals surface area contributed by atoms with Crippen molar-refractivity contribution < 1.29 is 17.6 Å². The molecule has 0 atom stereocenters. The maximum absolute atomic E-state index is 14.1. The molecule has 2 N–H and O–H groups in total. The molecular weight excluding hydrogens is 355 g/mol. The molecule has 1 aromatic rings. The zero-order valence-electron chi connectivity index (χ0n) is 15.2. The van der Waals surface area contributed by atoms with Gasteiger partial charge in [0.15, 0.2) is 0 Å². The third-order valence-electron chi connectivity index (χ3n) is 5.87. The average Bonchev–Trinajstić information content (AvgIpc) is 3.38. The normalized spacial score (nSPS) is 20.8. The highest BCUT2D eigenvalue weighted by atomic mass is 32.2. The first-order chi connectivity index (χ1) is 12.3. The van der Waals surface area contributed by atoms with Gasteiger partial charge in [-0.05, 0) is 55.6 Å². The molecule has 26 heavy (non-hydrogen) atoms. The summed E-state index contributed by atoms with van der Waals surface area (Å²) in [4.78, 5) is 11.7. The first-order valence-corrected chi connectivity index (χ1v) is 10.9. The zero-order valence-corrected chi connectivity index (χ0v) is 16.0. The van der Waals surface area contributed by atoms with Gasteiger partial charge in [-0.2, -0.15) is 0 Å². The molecule has 1 aromatic carbocycles. The summed E-state index contributed by atoms with van der Waals surface area (Å²) in [5, 5.41) is 0. The number of piperidine rings is 1. The fraction of sp³-hybridized carbons (Fsp3) is 0.632. The van der Waals surface area contributed by atoms with Crippen LogP contribution in [0.5, 0.6) is 0 Å². The molecule has 1 amide bonds. The highest BCUT2D eigenvalue weighted by molar-refractivity contribution is 7.89. The molecule has 0 aromatic heterocycles. The second-order valence-electron chi connectivity index (χ2n) is 7.76. The Bertz CT molecular complexity index is 782. The molecule has 0 radical (unpaired) electrons. The van der Waals surface area contributed by atoms with Crippen LogP contribution in [0, 0.1) is 17.2 Å². The number of amides is 1. The summed E-state index contributed by atoms with van der Waals surface area (Å²) in [5.41, 5.74) is 5.93. The van der Waals surface area contributed by atoms with Gasteiger partial charge >= 0.3 is 0 Å². The zero-order chi connectivity index (χ0) is 18.9. The number of primary amides is 1. The average molecular weight is 383 g/mol. The van der Waals surface area contributed by atoms with Crippen molar-refractivity contribution in [2.24, 2.45) is 17.1 Å². The SMILES string of the molecule is CCS(=O)(=O)N1CCC(Cc2cccc(F)c2C(N)=O)(CC2CC2)CC1. The first kappa shape index (κ1) is 19.3. The van der Waals surface area contributed by atoms with Gasteiger partial charge in [0.2, 0.25) is 10.0 Å². The third-order valence-corrected chi connectivity index (χ3v) is 7.75. The maximum Gasteiger partial charge on any atom is 0.251 e. The minimum absolute atomic E-state index is 0.0220. The number of rotatable bonds is 7. The van der Waals surface area contributed by atoms with Crippen molar-refractivity contribution in [3.63, 3.8) is 0 Å². The molecule has 3 rings (SSSR count). The molecule has 1 aliphatic carbocycles. The monoisotopic (exact) mass is 382 g/mol. The predicted molar refractivity (Wildman–Crippen MR) is 98.7 cm³/mol. The van der Waals surface area contributed by atoms with E-state index in [1.165, 1.54) is 18.9 Å². The Balaban J connectivity index is 1.84. The molecule has 7 heteroatoms. The van der Waals surface area contributed by atoms with E-state index in [2.05, 4.69) is 0 Å². The van der Waals surface area contributed by atoms with Gasteiger partial charge in [0.1, 0.15) is 5.82 Å². The third kappa shape index (κ3) is 4.09. The van der Waals surface area contributed by atoms with Crippen molar-refractivity contribution in [1.29, 1.82) is 0 Å². The molecule has 2 fully saturated rings. The van der Waals surface area contributed by atoms with Crippen molar-refractivity contribution in [2.45, 2.75) is 45.4 Å². The molecule has 5 nitrogen and oxygen atoms in total. The number of hydrogen-bond acceptors (Lipinski definition) is 3. The largest absolute Gasteiger partial charge is 0.365 e. The second-order valence-corrected chi connectivity index (χ2v) is 10.0. The van der Waals surface area contributed by atoms with E-state index in [-0.39, 0.29) is 16.7 Å². The van der Waals surface area contributed by atoms with Crippen LogP contribution in [-0.4, -0.2) is 37.5 Å². The molecule has 144 valence electrons. The van der Waals surface area contributed by atoms with Crippen LogP contribution < -0.4 is 5.73 Å². The lowest BCUT2D eigenvalue weighted by atomic mass is 9.70. The minimum Gasteiger partial charge on any atom is -0.365 e. The number of sulfonamides is 1. The van der Waals surface area contributed by atoms with E-state index in [9.17, 15) is 17.6 Å². The highest BCUT2D eigenvalue weighted by Gasteiger charge is 2.42. The summed E-state index contributed by atoms with van der Waals surface area (Å²) in [6.07, 6.45) is 5.44. The van der Waals surface area contributed by atoms with E-state index < -0.39 is 21.7 Å². The van der Waals surface area contributed by atoms with Gasteiger partial charge in [-0.15, -0.1) is 0 Å². The standard InChI is InChI=1S/C19H27FN2O3S/c1-2-26(24,25)22-10-8-19(9-11-22,12-14-6-7-14)13-15-4-3-5-16(20)17(15)18(21)23/h3-5,14H,2,6-13H2,1H3,(H2,21,23). The Morgan fingerprint density at radius 1 is 1.31 bits per heavy atom. The molecule has 0 bridgehead atoms. The van der Waals surface area contributed by atoms with Crippen molar-refractivity contribution in [1.82, 2.24) is 4.31 Å². The number of nitrogens with zero attached hydrogens (tertiary/aromatic N) is 1. The van der Waals surface area contributed by atoms with Crippen molar-refractivity contribution >= 4 is 15.9 Å². The Labute approximate surface area is 154 Å². The van der Waals surface area contributed by atoms with Gasteiger partial charge < -0.3 is 5.73 Å². The molecule has 2 aliphatic rings. The van der Waals surface area contributed by atoms with Crippen molar-refractivity contribution in [3.8, 4) is 0 Å². The second kappa shape index (κ2) is 7.27. The minimum atomic E-state index is -3.19. The summed E-state index contributed by atoms with van der Waals surface area (Å²) in [6, 6.07) is 4.64. The lowest BCUT2D eigenvalue weighted by Crippen LogP contribution is -2.45. The van der Waals surface area contributed by atoms with Crippen LogP contribution in [0.15, 0.2) is 18.2 Å². The van der Waals surface area contributed by atoms with Gasteiger partial charge in [0.05, 0.1) is 11.3 Å². The number of carbonyl (C=O) groups is 1. The Hall–Kier alpha value is -1.47. The summed E-state index contributed by atoms with van der Waals surface area (Å²) in [6.45, 7) is 2.64. The topological polar surface area (TPSA) is 80.5 Å². The van der Waals surface area contributed by atoms with Crippen LogP contribution in [0.2, 0.25) is 0 Å². The molecule has 1 heterocycles. The van der Waals surface area contributed by atoms with E-state index >= 15 is 0 Å². The number of nitrogens with two attached hydrogens (primary N) is 1. The predicted octanol–water partition coefficient (Wildman–Crippen LogP) is 2.70. The Kier molecular flexibility index (Phi) is 5.40. The summed E-state index contributed by atoms with van der Waals surface area (Å²) >= 11 is 0. The first-order valence-electron chi connectivity index (χ1n) is 9.31. The van der Waals surface area contributed by atoms with Crippen molar-refractivity contribution in [2.75, 3.05) is 18.8 Å². The fourth-order valence-electron chi connectivity index (χ4n) is 4.20. The fourth-order valence-corrected chi connectivity index (χ4v) is 5.31. The lowest BCUT2D eigenvalue weighted by molar-refractivity contribution is 0.0992. The molecular formula is C19H27FN2O3S. The highest BCUT2D eigenvalue weighted by Crippen LogP contribution is 2.48. The number of halogens is 1. The maximum atomic E-state index is 14.1. The Morgan fingerprint density at radius 3 is 2.50 bits per heavy atom. The summed E-state index contributed by atoms with van der Waals surface area (Å²) < 4.78 is 40.0. The van der Waals surface area contributed by atoms with Crippen LogP contribution in [0.4, 0.5) is 4.39 Å². The van der Waals surface area contributed by atoms with Gasteiger partial charge in [0.25, 0.3) is 5.91 Å². The molecule has 1 aliphatic heterocycles. The van der Waals surface area contributed by atoms with Gasteiger partial charge in [-0.25, -0.2) is 17.1 Å². The van der Waals surface area contributed by atoms with E-state index in [1.54, 1.807) is 23.4 Å². The summed E-state index contributed by atoms with van der Waals surface area (Å²) in [5.74, 6) is -0.554. The molecule has 1 saturated carbocycles. The van der Waals surface area contributed by atoms with Crippen LogP contribution in [0.25, 0.3) is 0 Å². The van der Waals surface area contributed by atoms with E-state index in [0.29, 0.717) is 31.0 Å². The van der Waals surface area contributed by atoms with Gasteiger partial charge in [0, 0.05) is 13.1 Å². The number of hydrogen-bond donors (Lipinski definition) is 1. The smallest absolute Gasteiger partial charge is 0.251 e. The van der Waals surface area contributed by atoms with Crippen molar-refractivity contribution in [3.05, 3.63) is 35.1 Å². The van der Waals surface area contributed by atoms with Gasteiger partial charge in [-0.3, -0.25) is 4.79 Å². The van der Waals surface area contributed by atoms with Crippen LogP contribution >= 0.6 is 0 Å². The Morgan fingerprint density at radius 2 is 1.96 bits per heavy atom. The lowest BCUT2D eigenvalue weighted by Gasteiger charge is -2.42. The molecule has 1 saturated heterocycles. The van der Waals surface area contributed by atoms with Crippen LogP contribution in [0.1, 0.15) is 54.9 Å².